The summed E-state index contributed by atoms with van der Waals surface area (Å²) in [5, 5.41) is 17.8. The smallest absolute Gasteiger partial charge is 0.411 e. The van der Waals surface area contributed by atoms with Gasteiger partial charge in [-0.25, -0.2) is 14.4 Å². The highest BCUT2D eigenvalue weighted by molar-refractivity contribution is 5.81. The maximum Gasteiger partial charge on any atom is 0.411 e. The van der Waals surface area contributed by atoms with Crippen molar-refractivity contribution in [1.82, 2.24) is 4.90 Å². The number of aliphatic carboxylic acids is 2. The van der Waals surface area contributed by atoms with Crippen molar-refractivity contribution in [3.8, 4) is 0 Å². The van der Waals surface area contributed by atoms with Gasteiger partial charge in [0.15, 0.2) is 6.61 Å². The molecule has 2 N–H and O–H groups in total. The van der Waals surface area contributed by atoms with Crippen molar-refractivity contribution in [1.29, 1.82) is 0 Å². The molecular weight excluding hydrogens is 266 g/mol. The van der Waals surface area contributed by atoms with Crippen LogP contribution in [0, 0.1) is 11.8 Å². The van der Waals surface area contributed by atoms with E-state index < -0.39 is 30.7 Å². The lowest BCUT2D eigenvalue weighted by molar-refractivity contribution is -0.146. The van der Waals surface area contributed by atoms with Gasteiger partial charge in [0, 0.05) is 6.54 Å². The molecule has 1 amide bonds. The molecule has 1 aliphatic heterocycles. The van der Waals surface area contributed by atoms with E-state index in [1.807, 2.05) is 0 Å². The molecule has 7 heteroatoms. The monoisotopic (exact) mass is 285 g/mol. The highest BCUT2D eigenvalue weighted by Gasteiger charge is 2.42. The molecule has 1 aliphatic carbocycles. The van der Waals surface area contributed by atoms with Crippen LogP contribution in [0.4, 0.5) is 4.79 Å². The number of carbonyl (C=O) groups is 3. The topological polar surface area (TPSA) is 104 Å². The second-order valence-electron chi connectivity index (χ2n) is 5.50. The first kappa shape index (κ1) is 14.6. The summed E-state index contributed by atoms with van der Waals surface area (Å²) < 4.78 is 4.63. The third kappa shape index (κ3) is 3.20. The van der Waals surface area contributed by atoms with Gasteiger partial charge in [0.2, 0.25) is 0 Å². The summed E-state index contributed by atoms with van der Waals surface area (Å²) in [5.74, 6) is -1.66. The van der Waals surface area contributed by atoms with E-state index in [1.54, 1.807) is 0 Å². The van der Waals surface area contributed by atoms with Crippen LogP contribution < -0.4 is 0 Å². The lowest BCUT2D eigenvalue weighted by atomic mass is 9.73. The van der Waals surface area contributed by atoms with Gasteiger partial charge in [-0.15, -0.1) is 0 Å². The van der Waals surface area contributed by atoms with E-state index in [1.165, 1.54) is 4.90 Å². The first-order chi connectivity index (χ1) is 9.49. The number of carbonyl (C=O) groups excluding carboxylic acids is 1. The molecule has 1 saturated carbocycles. The second-order valence-corrected chi connectivity index (χ2v) is 5.50. The SMILES string of the molecule is O=C(O)COC(=O)N1CC2CCCCC2CC1C(=O)O. The Morgan fingerprint density at radius 3 is 2.35 bits per heavy atom. The van der Waals surface area contributed by atoms with Gasteiger partial charge in [-0.2, -0.15) is 0 Å². The number of carboxylic acid groups (broad SMARTS) is 2. The lowest BCUT2D eigenvalue weighted by Crippen LogP contribution is -2.54. The zero-order chi connectivity index (χ0) is 14.7. The summed E-state index contributed by atoms with van der Waals surface area (Å²) >= 11 is 0. The first-order valence-corrected chi connectivity index (χ1v) is 6.87. The van der Waals surface area contributed by atoms with Crippen LogP contribution in [0.3, 0.4) is 0 Å². The Labute approximate surface area is 116 Å². The zero-order valence-electron chi connectivity index (χ0n) is 11.2. The molecule has 2 rings (SSSR count). The maximum absolute atomic E-state index is 11.9. The summed E-state index contributed by atoms with van der Waals surface area (Å²) in [6.45, 7) is -0.393. The molecule has 2 aliphatic rings. The van der Waals surface area contributed by atoms with Crippen LogP contribution in [0.1, 0.15) is 32.1 Å². The third-order valence-electron chi connectivity index (χ3n) is 4.24. The van der Waals surface area contributed by atoms with E-state index in [-0.39, 0.29) is 0 Å². The van der Waals surface area contributed by atoms with E-state index >= 15 is 0 Å². The van der Waals surface area contributed by atoms with Gasteiger partial charge < -0.3 is 14.9 Å². The molecular formula is C13H19NO6. The molecule has 0 aromatic heterocycles. The van der Waals surface area contributed by atoms with Crippen LogP contribution in [0.25, 0.3) is 0 Å². The van der Waals surface area contributed by atoms with Gasteiger partial charge in [0.1, 0.15) is 6.04 Å². The highest BCUT2D eigenvalue weighted by atomic mass is 16.6. The van der Waals surface area contributed by atoms with E-state index in [0.29, 0.717) is 24.8 Å². The van der Waals surface area contributed by atoms with Crippen LogP contribution >= 0.6 is 0 Å². The standard InChI is InChI=1S/C13H19NO6/c15-11(16)7-20-13(19)14-6-9-4-2-1-3-8(9)5-10(14)12(17)18/h8-10H,1-7H2,(H,15,16)(H,17,18). The average Bonchev–Trinajstić information content (AvgIpc) is 2.43. The Kier molecular flexibility index (Phi) is 4.46. The summed E-state index contributed by atoms with van der Waals surface area (Å²) in [6, 6.07) is -0.907. The Morgan fingerprint density at radius 2 is 1.75 bits per heavy atom. The normalized spacial score (nSPS) is 29.4. The summed E-state index contributed by atoms with van der Waals surface area (Å²) in [5.41, 5.74) is 0. The molecule has 0 aromatic carbocycles. The minimum Gasteiger partial charge on any atom is -0.480 e. The Hall–Kier alpha value is -1.79. The fraction of sp³-hybridized carbons (Fsp3) is 0.769. The number of nitrogens with zero attached hydrogens (tertiary/aromatic N) is 1. The first-order valence-electron chi connectivity index (χ1n) is 6.87. The summed E-state index contributed by atoms with van der Waals surface area (Å²) in [6.07, 6.45) is 3.78. The molecule has 0 spiro atoms. The predicted molar refractivity (Wildman–Crippen MR) is 67.2 cm³/mol. The van der Waals surface area contributed by atoms with Gasteiger partial charge in [-0.05, 0) is 24.7 Å². The minimum atomic E-state index is -1.25. The van der Waals surface area contributed by atoms with Gasteiger partial charge in [-0.3, -0.25) is 4.90 Å². The van der Waals surface area contributed by atoms with Crippen molar-refractivity contribution in [2.75, 3.05) is 13.2 Å². The zero-order valence-corrected chi connectivity index (χ0v) is 11.2. The van der Waals surface area contributed by atoms with Gasteiger partial charge in [0.25, 0.3) is 0 Å². The molecule has 112 valence electrons. The maximum atomic E-state index is 11.9. The van der Waals surface area contributed by atoms with Gasteiger partial charge in [-0.1, -0.05) is 19.3 Å². The van der Waals surface area contributed by atoms with Crippen LogP contribution in [-0.4, -0.2) is 52.3 Å². The van der Waals surface area contributed by atoms with Crippen LogP contribution in [0.5, 0.6) is 0 Å². The number of piperidine rings is 1. The van der Waals surface area contributed by atoms with Crippen molar-refractivity contribution in [3.05, 3.63) is 0 Å². The van der Waals surface area contributed by atoms with Crippen molar-refractivity contribution in [2.45, 2.75) is 38.1 Å². The molecule has 3 unspecified atom stereocenters. The number of fused-ring (bicyclic) bond motifs is 1. The lowest BCUT2D eigenvalue weighted by Gasteiger charge is -2.43. The summed E-state index contributed by atoms with van der Waals surface area (Å²) in [4.78, 5) is 34.8. The van der Waals surface area contributed by atoms with Gasteiger partial charge >= 0.3 is 18.0 Å². The molecule has 0 bridgehead atoms. The number of ether oxygens (including phenoxy) is 1. The Balaban J connectivity index is 2.05. The van der Waals surface area contributed by atoms with E-state index in [2.05, 4.69) is 4.74 Å². The van der Waals surface area contributed by atoms with Crippen molar-refractivity contribution >= 4 is 18.0 Å². The van der Waals surface area contributed by atoms with E-state index in [4.69, 9.17) is 5.11 Å². The number of hydrogen-bond acceptors (Lipinski definition) is 4. The number of likely N-dealkylation sites (tertiary alicyclic amines) is 1. The number of hydrogen-bond donors (Lipinski definition) is 2. The molecule has 3 atom stereocenters. The second kappa shape index (κ2) is 6.11. The fourth-order valence-electron chi connectivity index (χ4n) is 3.27. The van der Waals surface area contributed by atoms with Crippen molar-refractivity contribution in [3.63, 3.8) is 0 Å². The molecule has 2 fully saturated rings. The predicted octanol–water partition coefficient (Wildman–Crippen LogP) is 1.17. The van der Waals surface area contributed by atoms with Crippen LogP contribution in [-0.2, 0) is 14.3 Å². The Bertz CT molecular complexity index is 410. The van der Waals surface area contributed by atoms with Crippen molar-refractivity contribution < 1.29 is 29.3 Å². The Morgan fingerprint density at radius 1 is 1.10 bits per heavy atom. The van der Waals surface area contributed by atoms with Crippen LogP contribution in [0.15, 0.2) is 0 Å². The number of carboxylic acids is 2. The van der Waals surface area contributed by atoms with E-state index in [0.717, 1.165) is 25.7 Å². The minimum absolute atomic E-state index is 0.303. The highest BCUT2D eigenvalue weighted by Crippen LogP contribution is 2.38. The average molecular weight is 285 g/mol. The van der Waals surface area contributed by atoms with E-state index in [9.17, 15) is 19.5 Å². The largest absolute Gasteiger partial charge is 0.480 e. The molecule has 0 aromatic rings. The third-order valence-corrected chi connectivity index (χ3v) is 4.24. The number of amides is 1. The van der Waals surface area contributed by atoms with Crippen molar-refractivity contribution in [2.24, 2.45) is 11.8 Å². The molecule has 20 heavy (non-hydrogen) atoms. The van der Waals surface area contributed by atoms with Gasteiger partial charge in [0.05, 0.1) is 0 Å². The molecule has 7 nitrogen and oxygen atoms in total. The number of rotatable bonds is 3. The quantitative estimate of drug-likeness (QED) is 0.806. The molecule has 1 heterocycles. The van der Waals surface area contributed by atoms with Crippen LogP contribution in [0.2, 0.25) is 0 Å². The summed E-state index contributed by atoms with van der Waals surface area (Å²) in [7, 11) is 0. The molecule has 0 radical (unpaired) electrons. The fourth-order valence-corrected chi connectivity index (χ4v) is 3.27. The molecule has 1 saturated heterocycles.